The van der Waals surface area contributed by atoms with Crippen molar-refractivity contribution >= 4 is 17.9 Å². The summed E-state index contributed by atoms with van der Waals surface area (Å²) in [6.07, 6.45) is 69.4. The minimum atomic E-state index is -1.14. The number of carbonyl (C=O) groups excluding carboxylic acids is 3. The summed E-state index contributed by atoms with van der Waals surface area (Å²) in [6.45, 7) is 4.46. The van der Waals surface area contributed by atoms with Gasteiger partial charge < -0.3 is 28.6 Å². The third kappa shape index (κ3) is 46.8. The standard InChI is InChI=1S/C60H97NO7/c1-6-8-10-12-14-16-18-20-22-24-26-28-29-31-33-35-37-39-41-43-45-47-49-51-59(63)68-56(54-66-53-52-57(60(64)65)61(3,4)5)55-67-58(62)50-48-46-44-42-40-38-36-34-32-30-27-25-23-21-19-17-15-13-11-9-7-2/h8,10,14-17,20-23,26-28,30-31,33-34,36-37,39,56-57H,6-7,9,11-13,18-19,24-25,29,32,35,38,40-55H2,1-5H3/b10-8+,16-14+,17-15+,22-20+,23-21+,28-26+,30-27+,33-31+,36-34+,39-37+. The van der Waals surface area contributed by atoms with E-state index in [0.717, 1.165) is 128 Å². The molecule has 68 heavy (non-hydrogen) atoms. The lowest BCUT2D eigenvalue weighted by Gasteiger charge is -2.34. The molecule has 0 fully saturated rings. The van der Waals surface area contributed by atoms with Crippen LogP contribution in [-0.2, 0) is 28.6 Å². The lowest BCUT2D eigenvalue weighted by molar-refractivity contribution is -0.889. The first-order chi connectivity index (χ1) is 33.1. The van der Waals surface area contributed by atoms with Crippen LogP contribution < -0.4 is 5.11 Å². The second kappa shape index (κ2) is 49.2. The van der Waals surface area contributed by atoms with Gasteiger partial charge in [0.15, 0.2) is 6.10 Å². The number of rotatable bonds is 46. The van der Waals surface area contributed by atoms with Gasteiger partial charge >= 0.3 is 11.9 Å². The summed E-state index contributed by atoms with van der Waals surface area (Å²) in [6, 6.07) is -0.743. The summed E-state index contributed by atoms with van der Waals surface area (Å²) in [7, 11) is 5.39. The zero-order valence-electron chi connectivity index (χ0n) is 43.7. The average molecular weight is 944 g/mol. The molecule has 0 aromatic rings. The van der Waals surface area contributed by atoms with Crippen molar-refractivity contribution in [3.05, 3.63) is 122 Å². The van der Waals surface area contributed by atoms with Crippen LogP contribution in [0.3, 0.4) is 0 Å². The van der Waals surface area contributed by atoms with E-state index in [9.17, 15) is 19.5 Å². The van der Waals surface area contributed by atoms with E-state index in [2.05, 4.69) is 135 Å². The maximum Gasteiger partial charge on any atom is 0.306 e. The fourth-order valence-electron chi connectivity index (χ4n) is 7.00. The third-order valence-corrected chi connectivity index (χ3v) is 11.1. The normalized spacial score (nSPS) is 13.8. The second-order valence-corrected chi connectivity index (χ2v) is 18.4. The fourth-order valence-corrected chi connectivity index (χ4v) is 7.00. The van der Waals surface area contributed by atoms with Crippen LogP contribution in [0.15, 0.2) is 122 Å². The molecule has 0 rings (SSSR count). The smallest absolute Gasteiger partial charge is 0.306 e. The molecule has 0 saturated carbocycles. The van der Waals surface area contributed by atoms with Gasteiger partial charge in [-0.1, -0.05) is 180 Å². The van der Waals surface area contributed by atoms with E-state index >= 15 is 0 Å². The molecule has 384 valence electrons. The lowest BCUT2D eigenvalue weighted by atomic mass is 10.1. The first-order valence-electron chi connectivity index (χ1n) is 26.6. The van der Waals surface area contributed by atoms with Crippen molar-refractivity contribution in [3.8, 4) is 0 Å². The van der Waals surface area contributed by atoms with Gasteiger partial charge in [-0.15, -0.1) is 0 Å². The van der Waals surface area contributed by atoms with E-state index in [1.165, 1.54) is 25.7 Å². The Hall–Kier alpha value is -4.27. The molecule has 0 aliphatic heterocycles. The van der Waals surface area contributed by atoms with Gasteiger partial charge in [0.1, 0.15) is 12.6 Å². The van der Waals surface area contributed by atoms with E-state index in [-0.39, 0.29) is 49.1 Å². The molecular weight excluding hydrogens is 847 g/mol. The highest BCUT2D eigenvalue weighted by Crippen LogP contribution is 2.13. The number of carbonyl (C=O) groups is 3. The van der Waals surface area contributed by atoms with Gasteiger partial charge in [-0.25, -0.2) is 0 Å². The van der Waals surface area contributed by atoms with Gasteiger partial charge in [-0.05, 0) is 109 Å². The second-order valence-electron chi connectivity index (χ2n) is 18.4. The van der Waals surface area contributed by atoms with Crippen LogP contribution >= 0.6 is 0 Å². The SMILES string of the molecule is CC/C=C/C/C=C/C/C=C/C/C=C/C/C=C/C/C=C/CCCCCCC(=O)OC(COCCC(C(=O)[O-])[N+](C)(C)C)COC(=O)CCCCCCC/C=C/C/C=C/C/C=C/C/C=C/CCCCC. The van der Waals surface area contributed by atoms with Crippen molar-refractivity contribution in [2.75, 3.05) is 41.0 Å². The number of likely N-dealkylation sites (N-methyl/N-ethyl adjacent to an activating group) is 1. The topological polar surface area (TPSA) is 102 Å². The van der Waals surface area contributed by atoms with Crippen LogP contribution in [-0.4, -0.2) is 75.5 Å². The summed E-state index contributed by atoms with van der Waals surface area (Å²) >= 11 is 0. The molecule has 2 unspecified atom stereocenters. The van der Waals surface area contributed by atoms with Crippen molar-refractivity contribution in [2.24, 2.45) is 0 Å². The van der Waals surface area contributed by atoms with E-state index in [0.29, 0.717) is 6.42 Å². The highest BCUT2D eigenvalue weighted by Gasteiger charge is 2.25. The van der Waals surface area contributed by atoms with Gasteiger partial charge in [0.25, 0.3) is 0 Å². The van der Waals surface area contributed by atoms with Crippen LogP contribution in [0.5, 0.6) is 0 Å². The predicted octanol–water partition coefficient (Wildman–Crippen LogP) is 14.4. The molecule has 0 aromatic heterocycles. The van der Waals surface area contributed by atoms with Crippen molar-refractivity contribution in [2.45, 2.75) is 199 Å². The van der Waals surface area contributed by atoms with Gasteiger partial charge in [0.05, 0.1) is 40.3 Å². The molecule has 0 aliphatic carbocycles. The summed E-state index contributed by atoms with van der Waals surface area (Å²) in [5, 5.41) is 11.7. The molecule has 0 heterocycles. The molecule has 0 amide bonds. The van der Waals surface area contributed by atoms with Crippen molar-refractivity contribution in [3.63, 3.8) is 0 Å². The first kappa shape index (κ1) is 63.7. The number of hydrogen-bond acceptors (Lipinski definition) is 7. The first-order valence-corrected chi connectivity index (χ1v) is 26.6. The molecule has 0 bridgehead atoms. The zero-order chi connectivity index (χ0) is 49.9. The Labute approximate surface area is 416 Å². The largest absolute Gasteiger partial charge is 0.544 e. The number of carboxylic acid groups (broad SMARTS) is 1. The summed E-state index contributed by atoms with van der Waals surface area (Å²) in [4.78, 5) is 37.1. The molecule has 0 aromatic carbocycles. The van der Waals surface area contributed by atoms with Crippen LogP contribution in [0, 0.1) is 0 Å². The number of carboxylic acids is 1. The Morgan fingerprint density at radius 3 is 1.22 bits per heavy atom. The molecule has 0 radical (unpaired) electrons. The Morgan fingerprint density at radius 1 is 0.456 bits per heavy atom. The highest BCUT2D eigenvalue weighted by molar-refractivity contribution is 5.70. The summed E-state index contributed by atoms with van der Waals surface area (Å²) < 4.78 is 17.2. The maximum absolute atomic E-state index is 12.8. The van der Waals surface area contributed by atoms with Crippen molar-refractivity contribution < 1.29 is 38.2 Å². The molecule has 8 heteroatoms. The number of quaternary nitrogens is 1. The maximum atomic E-state index is 12.8. The quantitative estimate of drug-likeness (QED) is 0.0259. The summed E-state index contributed by atoms with van der Waals surface area (Å²) in [5.41, 5.74) is 0. The van der Waals surface area contributed by atoms with Gasteiger partial charge in [0.2, 0.25) is 0 Å². The molecule has 0 saturated heterocycles. The van der Waals surface area contributed by atoms with E-state index in [1.807, 2.05) is 0 Å². The Morgan fingerprint density at radius 2 is 0.824 bits per heavy atom. The van der Waals surface area contributed by atoms with Gasteiger partial charge in [-0.2, -0.15) is 0 Å². The number of unbranched alkanes of at least 4 members (excludes halogenated alkanes) is 12. The van der Waals surface area contributed by atoms with E-state index in [1.54, 1.807) is 21.1 Å². The Bertz CT molecular complexity index is 1520. The van der Waals surface area contributed by atoms with Crippen LogP contribution in [0.2, 0.25) is 0 Å². The number of ether oxygens (including phenoxy) is 3. The van der Waals surface area contributed by atoms with E-state index in [4.69, 9.17) is 14.2 Å². The molecule has 0 spiro atoms. The van der Waals surface area contributed by atoms with E-state index < -0.39 is 18.1 Å². The molecule has 0 N–H and O–H groups in total. The average Bonchev–Trinajstić information content (AvgIpc) is 3.30. The third-order valence-electron chi connectivity index (χ3n) is 11.1. The Kier molecular flexibility index (Phi) is 46.1. The van der Waals surface area contributed by atoms with Crippen molar-refractivity contribution in [1.29, 1.82) is 0 Å². The van der Waals surface area contributed by atoms with Gasteiger partial charge in [0, 0.05) is 19.3 Å². The van der Waals surface area contributed by atoms with Crippen molar-refractivity contribution in [1.82, 2.24) is 0 Å². The number of allylic oxidation sites excluding steroid dienone is 20. The van der Waals surface area contributed by atoms with Gasteiger partial charge in [-0.3, -0.25) is 9.59 Å². The molecule has 2 atom stereocenters. The highest BCUT2D eigenvalue weighted by atomic mass is 16.6. The fraction of sp³-hybridized carbons (Fsp3) is 0.617. The number of aliphatic carboxylic acids is 1. The molecular formula is C60H97NO7. The lowest BCUT2D eigenvalue weighted by Crippen LogP contribution is -2.55. The Balaban J connectivity index is 4.37. The number of nitrogens with zero attached hydrogens (tertiary/aromatic N) is 1. The predicted molar refractivity (Wildman–Crippen MR) is 286 cm³/mol. The monoisotopic (exact) mass is 944 g/mol. The minimum Gasteiger partial charge on any atom is -0.544 e. The summed E-state index contributed by atoms with van der Waals surface area (Å²) in [5.74, 6) is -1.81. The molecule has 8 nitrogen and oxygen atoms in total. The van der Waals surface area contributed by atoms with Crippen LogP contribution in [0.4, 0.5) is 0 Å². The van der Waals surface area contributed by atoms with Crippen LogP contribution in [0.25, 0.3) is 0 Å². The molecule has 0 aliphatic rings. The number of esters is 2. The number of hydrogen-bond donors (Lipinski definition) is 0. The zero-order valence-corrected chi connectivity index (χ0v) is 43.7. The van der Waals surface area contributed by atoms with Crippen LogP contribution in [0.1, 0.15) is 187 Å². The minimum absolute atomic E-state index is 0.0152.